The van der Waals surface area contributed by atoms with Crippen LogP contribution in [0.2, 0.25) is 0 Å². The van der Waals surface area contributed by atoms with Gasteiger partial charge >= 0.3 is 6.01 Å². The number of phenolic OH excluding ortho intramolecular Hbond substituents is 1. The lowest BCUT2D eigenvalue weighted by Crippen LogP contribution is -2.60. The molecule has 11 nitrogen and oxygen atoms in total. The molecule has 2 atom stereocenters. The van der Waals surface area contributed by atoms with E-state index >= 15 is 8.78 Å². The Kier molecular flexibility index (Phi) is 9.96. The number of hydrogen-bond acceptors (Lipinski definition) is 10. The van der Waals surface area contributed by atoms with E-state index in [1.54, 1.807) is 18.8 Å². The number of piperazine rings is 1. The van der Waals surface area contributed by atoms with Crippen LogP contribution in [0.3, 0.4) is 0 Å². The predicted octanol–water partition coefficient (Wildman–Crippen LogP) is 6.18. The van der Waals surface area contributed by atoms with Gasteiger partial charge in [0.2, 0.25) is 0 Å². The summed E-state index contributed by atoms with van der Waals surface area (Å²) in [4.78, 5) is 20.0. The maximum absolute atomic E-state index is 17.9. The molecule has 3 saturated heterocycles. The van der Waals surface area contributed by atoms with Crippen molar-refractivity contribution >= 4 is 38.4 Å². The van der Waals surface area contributed by atoms with Gasteiger partial charge in [-0.1, -0.05) is 25.8 Å². The first-order valence-corrected chi connectivity index (χ1v) is 20.5. The molecule has 0 spiro atoms. The summed E-state index contributed by atoms with van der Waals surface area (Å²) in [5.74, 6) is 1.75. The van der Waals surface area contributed by atoms with Crippen molar-refractivity contribution in [3.05, 3.63) is 47.7 Å². The Morgan fingerprint density at radius 1 is 1.00 bits per heavy atom. The maximum Gasteiger partial charge on any atom is 0.319 e. The lowest BCUT2D eigenvalue weighted by atomic mass is 9.91. The second kappa shape index (κ2) is 15.0. The Labute approximate surface area is 332 Å². The van der Waals surface area contributed by atoms with Crippen molar-refractivity contribution < 1.29 is 23.4 Å². The molecule has 3 aromatic carbocycles. The quantitative estimate of drug-likeness (QED) is 0.104. The monoisotopic (exact) mass is 778 g/mol. The number of methoxy groups -OCH3 is 1. The molecular weight excluding hydrogens is 727 g/mol. The fraction of sp³-hybridized carbons (Fsp3) is 0.523. The molecule has 1 N–H and O–H groups in total. The van der Waals surface area contributed by atoms with Crippen LogP contribution in [-0.4, -0.2) is 130 Å². The molecule has 0 radical (unpaired) electrons. The minimum atomic E-state index is -0.654. The molecule has 300 valence electrons. The molecule has 1 saturated carbocycles. The molecule has 2 aromatic heterocycles. The normalized spacial score (nSPS) is 20.9. The van der Waals surface area contributed by atoms with Crippen LogP contribution in [0.25, 0.3) is 43.7 Å². The summed E-state index contributed by atoms with van der Waals surface area (Å²) in [6.07, 6.45) is 12.8. The molecule has 57 heavy (non-hydrogen) atoms. The van der Waals surface area contributed by atoms with E-state index in [-0.39, 0.29) is 51.5 Å². The number of hydrogen-bond donors (Lipinski definition) is 1. The molecule has 13 heteroatoms. The van der Waals surface area contributed by atoms with E-state index in [1.807, 2.05) is 6.20 Å². The lowest BCUT2D eigenvalue weighted by Gasteiger charge is -2.46. The highest BCUT2D eigenvalue weighted by molar-refractivity contribution is 6.18. The minimum absolute atomic E-state index is 0.00670. The zero-order valence-corrected chi connectivity index (χ0v) is 33.4. The smallest absolute Gasteiger partial charge is 0.319 e. The Hall–Kier alpha value is -4.61. The topological polar surface area (TPSA) is 95.3 Å². The predicted molar refractivity (Wildman–Crippen MR) is 219 cm³/mol. The van der Waals surface area contributed by atoms with Crippen LogP contribution in [0.5, 0.6) is 11.8 Å². The minimum Gasteiger partial charge on any atom is -0.508 e. The van der Waals surface area contributed by atoms with E-state index in [9.17, 15) is 5.11 Å². The SMILES string of the molecule is C#Cc1c(F)ccc2cc(O)cc(-c3c(F)c4nc(OCC5(CN6CC(N(CC)CC)C6)CC5)nc(N5C6CCC5CN(CCCOC)C6)c4c4cn(C)nc34)c12. The van der Waals surface area contributed by atoms with Crippen LogP contribution in [-0.2, 0) is 11.8 Å². The number of phenols is 1. The van der Waals surface area contributed by atoms with Crippen LogP contribution in [0.4, 0.5) is 14.6 Å². The number of likely N-dealkylation sites (tertiary alicyclic amines) is 2. The van der Waals surface area contributed by atoms with Crippen LogP contribution in [0.15, 0.2) is 30.5 Å². The summed E-state index contributed by atoms with van der Waals surface area (Å²) in [7, 11) is 3.53. The Morgan fingerprint density at radius 2 is 1.75 bits per heavy atom. The van der Waals surface area contributed by atoms with E-state index in [0.717, 1.165) is 84.5 Å². The van der Waals surface area contributed by atoms with Gasteiger partial charge in [0.15, 0.2) is 5.82 Å². The summed E-state index contributed by atoms with van der Waals surface area (Å²) < 4.78 is 46.7. The zero-order valence-electron chi connectivity index (χ0n) is 33.4. The van der Waals surface area contributed by atoms with Crippen LogP contribution >= 0.6 is 0 Å². The number of aromatic nitrogens is 4. The van der Waals surface area contributed by atoms with Crippen LogP contribution in [0.1, 0.15) is 51.5 Å². The van der Waals surface area contributed by atoms with Gasteiger partial charge in [-0.05, 0) is 74.3 Å². The van der Waals surface area contributed by atoms with Gasteiger partial charge in [-0.3, -0.25) is 19.4 Å². The average molecular weight is 779 g/mol. The van der Waals surface area contributed by atoms with Gasteiger partial charge in [0, 0.05) is 106 Å². The first-order chi connectivity index (χ1) is 27.6. The Balaban J connectivity index is 1.16. The fourth-order valence-corrected chi connectivity index (χ4v) is 9.99. The molecule has 0 amide bonds. The molecule has 1 aliphatic carbocycles. The second-order valence-electron chi connectivity index (χ2n) is 16.7. The average Bonchev–Trinajstić information content (AvgIpc) is 3.77. The standard InChI is InChI=1S/C44H52F2N8O3/c1-6-32-35(45)13-10-27-18-31(55)19-33(36(27)32)37-39(46)41-38(34-24-50(4)49-40(34)37)42(54-28-11-12-29(54)21-51(20-28)16-9-17-56-5)48-43(47-41)57-26-44(14-15-44)25-52-22-30(23-52)53(7-2)8-3/h1,10,13,18-19,24,28-30,55H,7-9,11-12,14-17,20-23,25-26H2,2-5H3. The zero-order chi connectivity index (χ0) is 39.6. The summed E-state index contributed by atoms with van der Waals surface area (Å²) in [6.45, 7) is 13.5. The third kappa shape index (κ3) is 6.74. The molecule has 9 rings (SSSR count). The van der Waals surface area contributed by atoms with Crippen LogP contribution < -0.4 is 9.64 Å². The van der Waals surface area contributed by atoms with Crippen molar-refractivity contribution in [1.82, 2.24) is 34.4 Å². The summed E-state index contributed by atoms with van der Waals surface area (Å²) in [5.41, 5.74) is 0.757. The highest BCUT2D eigenvalue weighted by Crippen LogP contribution is 2.49. The fourth-order valence-electron chi connectivity index (χ4n) is 9.99. The molecule has 5 heterocycles. The number of likely N-dealkylation sites (N-methyl/N-ethyl adjacent to an activating group) is 1. The van der Waals surface area contributed by atoms with Crippen molar-refractivity contribution in [2.45, 2.75) is 64.1 Å². The lowest BCUT2D eigenvalue weighted by molar-refractivity contribution is 0.0186. The summed E-state index contributed by atoms with van der Waals surface area (Å²) >= 11 is 0. The van der Waals surface area contributed by atoms with Crippen molar-refractivity contribution in [1.29, 1.82) is 0 Å². The number of aryl methyl sites for hydroxylation is 1. The summed E-state index contributed by atoms with van der Waals surface area (Å²) in [5, 5.41) is 17.8. The number of fused-ring (bicyclic) bond motifs is 6. The molecule has 5 aromatic rings. The number of ether oxygens (including phenoxy) is 2. The molecule has 4 aliphatic rings. The van der Waals surface area contributed by atoms with Gasteiger partial charge < -0.3 is 19.5 Å². The molecule has 4 fully saturated rings. The van der Waals surface area contributed by atoms with Gasteiger partial charge in [0.1, 0.15) is 28.4 Å². The number of rotatable bonds is 14. The first kappa shape index (κ1) is 37.9. The van der Waals surface area contributed by atoms with E-state index < -0.39 is 11.6 Å². The number of halogens is 2. The van der Waals surface area contributed by atoms with Gasteiger partial charge in [0.25, 0.3) is 0 Å². The Morgan fingerprint density at radius 3 is 2.44 bits per heavy atom. The number of benzene rings is 3. The van der Waals surface area contributed by atoms with E-state index in [1.165, 1.54) is 24.3 Å². The van der Waals surface area contributed by atoms with Crippen LogP contribution in [0, 0.1) is 29.4 Å². The highest BCUT2D eigenvalue weighted by Gasteiger charge is 2.48. The van der Waals surface area contributed by atoms with Crippen molar-refractivity contribution in [2.24, 2.45) is 12.5 Å². The third-order valence-corrected chi connectivity index (χ3v) is 13.0. The van der Waals surface area contributed by atoms with Crippen molar-refractivity contribution in [2.75, 3.05) is 77.6 Å². The number of aromatic hydroxyl groups is 1. The highest BCUT2D eigenvalue weighted by atomic mass is 19.1. The molecule has 2 bridgehead atoms. The van der Waals surface area contributed by atoms with E-state index in [0.29, 0.717) is 52.1 Å². The maximum atomic E-state index is 17.9. The van der Waals surface area contributed by atoms with E-state index in [4.69, 9.17) is 31.0 Å². The van der Waals surface area contributed by atoms with Gasteiger partial charge in [-0.25, -0.2) is 8.78 Å². The summed E-state index contributed by atoms with van der Waals surface area (Å²) in [6, 6.07) is 6.81. The third-order valence-electron chi connectivity index (χ3n) is 13.0. The molecule has 2 unspecified atom stereocenters. The van der Waals surface area contributed by atoms with Gasteiger partial charge in [0.05, 0.1) is 17.6 Å². The number of nitrogens with zero attached hydrogens (tertiary/aromatic N) is 8. The molecular formula is C44H52F2N8O3. The van der Waals surface area contributed by atoms with Gasteiger partial charge in [-0.2, -0.15) is 15.1 Å². The van der Waals surface area contributed by atoms with Crippen molar-refractivity contribution in [3.63, 3.8) is 0 Å². The largest absolute Gasteiger partial charge is 0.508 e. The second-order valence-corrected chi connectivity index (χ2v) is 16.7. The molecule has 3 aliphatic heterocycles. The Bertz CT molecular complexity index is 2370. The van der Waals surface area contributed by atoms with Gasteiger partial charge in [-0.15, -0.1) is 6.42 Å². The van der Waals surface area contributed by atoms with Crippen molar-refractivity contribution in [3.8, 4) is 35.2 Å². The van der Waals surface area contributed by atoms with E-state index in [2.05, 4.69) is 39.4 Å². The first-order valence-electron chi connectivity index (χ1n) is 20.5. The number of anilines is 1. The number of terminal acetylenes is 1.